The van der Waals surface area contributed by atoms with Crippen LogP contribution in [0, 0.1) is 0 Å². The highest BCUT2D eigenvalue weighted by Crippen LogP contribution is 2.44. The maximum absolute atomic E-state index is 12.5. The summed E-state index contributed by atoms with van der Waals surface area (Å²) in [6, 6.07) is 10.8. The second-order valence-electron chi connectivity index (χ2n) is 5.79. The molecular formula is C18H21N3O2S2. The van der Waals surface area contributed by atoms with Crippen LogP contribution in [-0.2, 0) is 6.54 Å². The molecule has 1 fully saturated rings. The van der Waals surface area contributed by atoms with Crippen LogP contribution < -0.4 is 10.9 Å². The van der Waals surface area contributed by atoms with E-state index in [2.05, 4.69) is 16.5 Å². The zero-order chi connectivity index (χ0) is 17.6. The van der Waals surface area contributed by atoms with E-state index in [9.17, 15) is 9.59 Å². The maximum atomic E-state index is 12.5. The number of hydrogen-bond donors (Lipinski definition) is 1. The Morgan fingerprint density at radius 2 is 2.08 bits per heavy atom. The minimum Gasteiger partial charge on any atom is -0.321 e. The first-order chi connectivity index (χ1) is 12.2. The number of aryl methyl sites for hydroxylation is 1. The van der Waals surface area contributed by atoms with Gasteiger partial charge in [-0.25, -0.2) is 4.68 Å². The zero-order valence-corrected chi connectivity index (χ0v) is 15.7. The van der Waals surface area contributed by atoms with Crippen molar-refractivity contribution in [2.75, 3.05) is 16.8 Å². The van der Waals surface area contributed by atoms with E-state index in [1.165, 1.54) is 40.3 Å². The van der Waals surface area contributed by atoms with Crippen LogP contribution in [0.25, 0.3) is 0 Å². The van der Waals surface area contributed by atoms with Gasteiger partial charge in [0, 0.05) is 18.3 Å². The molecule has 2 heterocycles. The molecular weight excluding hydrogens is 354 g/mol. The molecule has 5 nitrogen and oxygen atoms in total. The largest absolute Gasteiger partial charge is 0.321 e. The van der Waals surface area contributed by atoms with Crippen LogP contribution in [0.4, 0.5) is 5.69 Å². The Hall–Kier alpha value is -1.73. The molecule has 1 aliphatic heterocycles. The topological polar surface area (TPSA) is 64.0 Å². The second-order valence-corrected chi connectivity index (χ2v) is 8.51. The number of anilines is 1. The van der Waals surface area contributed by atoms with Crippen LogP contribution >= 0.6 is 23.5 Å². The van der Waals surface area contributed by atoms with Gasteiger partial charge < -0.3 is 5.32 Å². The molecule has 0 bridgehead atoms. The Bertz CT molecular complexity index is 801. The number of carbonyl (C=O) groups is 1. The quantitative estimate of drug-likeness (QED) is 0.862. The van der Waals surface area contributed by atoms with E-state index in [4.69, 9.17) is 0 Å². The van der Waals surface area contributed by atoms with Crippen LogP contribution in [-0.4, -0.2) is 27.2 Å². The standard InChI is InChI=1S/C18H21N3O2S2/c1-2-9-21-16(22)8-7-15(20-21)17(23)19-14-6-3-5-13(12-14)18-24-10-4-11-25-18/h3,5-8,12,18H,2,4,9-11H2,1H3,(H,19,23). The van der Waals surface area contributed by atoms with Gasteiger partial charge in [0.15, 0.2) is 0 Å². The van der Waals surface area contributed by atoms with E-state index in [0.717, 1.165) is 12.1 Å². The number of aromatic nitrogens is 2. The summed E-state index contributed by atoms with van der Waals surface area (Å²) in [7, 11) is 0. The third-order valence-electron chi connectivity index (χ3n) is 3.78. The summed E-state index contributed by atoms with van der Waals surface area (Å²) < 4.78 is 1.76. The Morgan fingerprint density at radius 3 is 2.84 bits per heavy atom. The number of nitrogens with zero attached hydrogens (tertiary/aromatic N) is 2. The molecule has 1 aliphatic rings. The van der Waals surface area contributed by atoms with Gasteiger partial charge in [0.05, 0.1) is 4.58 Å². The van der Waals surface area contributed by atoms with E-state index in [1.807, 2.05) is 48.6 Å². The number of carbonyl (C=O) groups excluding carboxylic acids is 1. The van der Waals surface area contributed by atoms with Crippen molar-refractivity contribution in [1.29, 1.82) is 0 Å². The Kier molecular flexibility index (Phi) is 6.20. The predicted molar refractivity (Wildman–Crippen MR) is 105 cm³/mol. The SMILES string of the molecule is CCCn1nc(C(=O)Nc2cccc(C3SCCCS3)c2)ccc1=O. The molecule has 25 heavy (non-hydrogen) atoms. The summed E-state index contributed by atoms with van der Waals surface area (Å²) in [6.45, 7) is 2.47. The van der Waals surface area contributed by atoms with Gasteiger partial charge in [-0.1, -0.05) is 19.1 Å². The summed E-state index contributed by atoms with van der Waals surface area (Å²) in [5.74, 6) is 2.06. The van der Waals surface area contributed by atoms with Crippen LogP contribution in [0.5, 0.6) is 0 Å². The highest BCUT2D eigenvalue weighted by Gasteiger charge is 2.17. The summed E-state index contributed by atoms with van der Waals surface area (Å²) >= 11 is 3.90. The lowest BCUT2D eigenvalue weighted by atomic mass is 10.2. The lowest BCUT2D eigenvalue weighted by molar-refractivity contribution is 0.102. The fourth-order valence-electron chi connectivity index (χ4n) is 2.58. The summed E-state index contributed by atoms with van der Waals surface area (Å²) in [5.41, 5.74) is 2.03. The van der Waals surface area contributed by atoms with E-state index >= 15 is 0 Å². The molecule has 1 aromatic carbocycles. The van der Waals surface area contributed by atoms with Crippen molar-refractivity contribution < 1.29 is 4.79 Å². The van der Waals surface area contributed by atoms with Gasteiger partial charge in [-0.15, -0.1) is 23.5 Å². The van der Waals surface area contributed by atoms with Crippen molar-refractivity contribution in [3.63, 3.8) is 0 Å². The summed E-state index contributed by atoms with van der Waals surface area (Å²) in [5, 5.41) is 7.05. The van der Waals surface area contributed by atoms with Crippen LogP contribution in [0.1, 0.15) is 40.4 Å². The number of benzene rings is 1. The average molecular weight is 376 g/mol. The van der Waals surface area contributed by atoms with Crippen molar-refractivity contribution in [2.45, 2.75) is 30.9 Å². The van der Waals surface area contributed by atoms with E-state index < -0.39 is 0 Å². The molecule has 2 aromatic rings. The van der Waals surface area contributed by atoms with E-state index in [0.29, 0.717) is 11.1 Å². The van der Waals surface area contributed by atoms with Crippen molar-refractivity contribution in [2.24, 2.45) is 0 Å². The molecule has 1 N–H and O–H groups in total. The van der Waals surface area contributed by atoms with Gasteiger partial charge in [0.1, 0.15) is 5.69 Å². The zero-order valence-electron chi connectivity index (χ0n) is 14.1. The van der Waals surface area contributed by atoms with Gasteiger partial charge in [-0.2, -0.15) is 5.10 Å². The molecule has 0 saturated carbocycles. The lowest BCUT2D eigenvalue weighted by Crippen LogP contribution is -2.26. The molecule has 3 rings (SSSR count). The van der Waals surface area contributed by atoms with Crippen molar-refractivity contribution >= 4 is 35.1 Å². The second kappa shape index (κ2) is 8.58. The number of thioether (sulfide) groups is 2. The highest BCUT2D eigenvalue weighted by atomic mass is 32.2. The molecule has 132 valence electrons. The third-order valence-corrected chi connectivity index (χ3v) is 6.79. The van der Waals surface area contributed by atoms with Gasteiger partial charge in [-0.3, -0.25) is 9.59 Å². The van der Waals surface area contributed by atoms with E-state index in [-0.39, 0.29) is 17.2 Å². The fourth-order valence-corrected chi connectivity index (χ4v) is 5.45. The molecule has 1 aromatic heterocycles. The summed E-state index contributed by atoms with van der Waals surface area (Å²) in [4.78, 5) is 24.2. The smallest absolute Gasteiger partial charge is 0.276 e. The van der Waals surface area contributed by atoms with Crippen LogP contribution in [0.3, 0.4) is 0 Å². The minimum atomic E-state index is -0.300. The third kappa shape index (κ3) is 4.67. The minimum absolute atomic E-state index is 0.188. The predicted octanol–water partition coefficient (Wildman–Crippen LogP) is 3.77. The monoisotopic (exact) mass is 375 g/mol. The molecule has 0 unspecified atom stereocenters. The van der Waals surface area contributed by atoms with Gasteiger partial charge in [0.25, 0.3) is 11.5 Å². The van der Waals surface area contributed by atoms with Crippen molar-refractivity contribution in [1.82, 2.24) is 9.78 Å². The maximum Gasteiger partial charge on any atom is 0.276 e. The van der Waals surface area contributed by atoms with Crippen molar-refractivity contribution in [3.8, 4) is 0 Å². The molecule has 0 aliphatic carbocycles. The van der Waals surface area contributed by atoms with Gasteiger partial charge in [0.2, 0.25) is 0 Å². The van der Waals surface area contributed by atoms with Gasteiger partial charge in [-0.05, 0) is 48.1 Å². The first kappa shape index (κ1) is 18.1. The van der Waals surface area contributed by atoms with Crippen LogP contribution in [0.2, 0.25) is 0 Å². The number of amides is 1. The van der Waals surface area contributed by atoms with Crippen molar-refractivity contribution in [3.05, 3.63) is 58.0 Å². The Balaban J connectivity index is 1.74. The first-order valence-electron chi connectivity index (χ1n) is 8.40. The molecule has 0 radical (unpaired) electrons. The average Bonchev–Trinajstić information content (AvgIpc) is 2.64. The van der Waals surface area contributed by atoms with Crippen LogP contribution in [0.15, 0.2) is 41.2 Å². The molecule has 1 saturated heterocycles. The van der Waals surface area contributed by atoms with Gasteiger partial charge >= 0.3 is 0 Å². The number of nitrogens with one attached hydrogen (secondary N) is 1. The summed E-state index contributed by atoms with van der Waals surface area (Å²) in [6.07, 6.45) is 2.04. The lowest BCUT2D eigenvalue weighted by Gasteiger charge is -2.21. The van der Waals surface area contributed by atoms with E-state index in [1.54, 1.807) is 0 Å². The molecule has 0 atom stereocenters. The normalized spacial score (nSPS) is 15.1. The molecule has 0 spiro atoms. The fraction of sp³-hybridized carbons (Fsp3) is 0.389. The Labute approximate surface area is 155 Å². The molecule has 1 amide bonds. The highest BCUT2D eigenvalue weighted by molar-refractivity contribution is 8.16. The Morgan fingerprint density at radius 1 is 1.28 bits per heavy atom. The molecule has 7 heteroatoms. The number of hydrogen-bond acceptors (Lipinski definition) is 5. The number of rotatable bonds is 5. The first-order valence-corrected chi connectivity index (χ1v) is 10.5.